The number of hydrogen-bond acceptors (Lipinski definition) is 5. The lowest BCUT2D eigenvalue weighted by atomic mass is 9.79. The fraction of sp³-hybridized carbons (Fsp3) is 0.500. The Morgan fingerprint density at radius 1 is 1.08 bits per heavy atom. The number of ketones is 2. The summed E-state index contributed by atoms with van der Waals surface area (Å²) in [5.41, 5.74) is 1.95. The first-order chi connectivity index (χ1) is 18.1. The van der Waals surface area contributed by atoms with Crippen LogP contribution in [0.3, 0.4) is 0 Å². The Balaban J connectivity index is 1.39. The average Bonchev–Trinajstić information content (AvgIpc) is 2.86. The number of amides is 2. The molecular weight excluding hydrogens is 483 g/mol. The van der Waals surface area contributed by atoms with E-state index < -0.39 is 5.54 Å². The first-order valence-electron chi connectivity index (χ1n) is 13.5. The lowest BCUT2D eigenvalue weighted by Crippen LogP contribution is -2.62. The second-order valence-electron chi connectivity index (χ2n) is 11.2. The van der Waals surface area contributed by atoms with Crippen molar-refractivity contribution >= 4 is 23.3 Å². The lowest BCUT2D eigenvalue weighted by molar-refractivity contribution is 0.0959. The number of carbonyl (C=O) groups excluding carboxylic acids is 3. The second kappa shape index (κ2) is 12.2. The fourth-order valence-corrected chi connectivity index (χ4v) is 5.76. The summed E-state index contributed by atoms with van der Waals surface area (Å²) >= 11 is 0. The summed E-state index contributed by atoms with van der Waals surface area (Å²) in [5, 5.41) is 9.56. The van der Waals surface area contributed by atoms with Gasteiger partial charge in [0.05, 0.1) is 0 Å². The molecule has 0 radical (unpaired) electrons. The average molecular weight is 523 g/mol. The third kappa shape index (κ3) is 7.26. The van der Waals surface area contributed by atoms with Gasteiger partial charge in [0, 0.05) is 47.9 Å². The van der Waals surface area contributed by atoms with Gasteiger partial charge in [0.15, 0.2) is 11.6 Å². The molecule has 0 unspecified atom stereocenters. The summed E-state index contributed by atoms with van der Waals surface area (Å²) in [4.78, 5) is 39.5. The van der Waals surface area contributed by atoms with Crippen molar-refractivity contribution in [3.63, 3.8) is 0 Å². The van der Waals surface area contributed by atoms with Crippen molar-refractivity contribution in [2.45, 2.75) is 52.0 Å². The van der Waals surface area contributed by atoms with Crippen molar-refractivity contribution in [1.29, 1.82) is 0 Å². The van der Waals surface area contributed by atoms with Gasteiger partial charge in [0.1, 0.15) is 5.82 Å². The van der Waals surface area contributed by atoms with Crippen molar-refractivity contribution < 1.29 is 18.8 Å². The lowest BCUT2D eigenvalue weighted by Gasteiger charge is -2.45. The van der Waals surface area contributed by atoms with E-state index in [9.17, 15) is 18.8 Å². The van der Waals surface area contributed by atoms with Crippen molar-refractivity contribution in [3.05, 3.63) is 65.0 Å². The molecule has 2 aliphatic rings. The molecule has 0 spiro atoms. The zero-order valence-electron chi connectivity index (χ0n) is 22.6. The molecule has 3 N–H and O–H groups in total. The molecule has 0 aliphatic carbocycles. The van der Waals surface area contributed by atoms with E-state index in [1.807, 2.05) is 12.1 Å². The number of urea groups is 1. The van der Waals surface area contributed by atoms with Gasteiger partial charge in [0.2, 0.25) is 0 Å². The number of piperidine rings is 2. The molecule has 38 heavy (non-hydrogen) atoms. The summed E-state index contributed by atoms with van der Waals surface area (Å²) in [5.74, 6) is 0.202. The first-order valence-corrected chi connectivity index (χ1v) is 13.5. The summed E-state index contributed by atoms with van der Waals surface area (Å²) in [6.45, 7) is 9.50. The van der Waals surface area contributed by atoms with Crippen LogP contribution in [0.4, 0.5) is 14.9 Å². The van der Waals surface area contributed by atoms with E-state index in [-0.39, 0.29) is 29.3 Å². The van der Waals surface area contributed by atoms with Crippen LogP contribution in [0, 0.1) is 17.7 Å². The van der Waals surface area contributed by atoms with Crippen LogP contribution in [0.5, 0.6) is 0 Å². The van der Waals surface area contributed by atoms with Gasteiger partial charge >= 0.3 is 6.03 Å². The Bertz CT molecular complexity index is 1140. The molecule has 7 nitrogen and oxygen atoms in total. The van der Waals surface area contributed by atoms with E-state index in [0.29, 0.717) is 22.7 Å². The van der Waals surface area contributed by atoms with Gasteiger partial charge in [0.25, 0.3) is 0 Å². The van der Waals surface area contributed by atoms with Crippen molar-refractivity contribution in [2.75, 3.05) is 38.0 Å². The monoisotopic (exact) mass is 522 g/mol. The molecule has 2 aliphatic heterocycles. The molecular formula is C30H39FN4O3. The summed E-state index contributed by atoms with van der Waals surface area (Å²) in [6.07, 6.45) is 4.03. The Morgan fingerprint density at radius 3 is 2.42 bits per heavy atom. The zero-order valence-corrected chi connectivity index (χ0v) is 22.6. The number of hydrogen-bond donors (Lipinski definition) is 3. The number of Topliss-reactive ketones (excluding diaryl/α,β-unsaturated/α-hetero) is 2. The second-order valence-corrected chi connectivity index (χ2v) is 11.2. The van der Waals surface area contributed by atoms with Gasteiger partial charge in [-0.3, -0.25) is 9.59 Å². The van der Waals surface area contributed by atoms with Gasteiger partial charge in [-0.25, -0.2) is 9.18 Å². The SMILES string of the molecule is CC(=O)c1cc(NC(=O)N[C@]2(C)CCNC[C@H]2CN2CCC[C@@H](Cc3ccc(F)cc3)C2)cc(C(C)=O)c1. The Morgan fingerprint density at radius 2 is 1.76 bits per heavy atom. The highest BCUT2D eigenvalue weighted by Crippen LogP contribution is 2.28. The molecule has 2 aromatic carbocycles. The highest BCUT2D eigenvalue weighted by atomic mass is 19.1. The number of benzene rings is 2. The zero-order chi connectivity index (χ0) is 27.3. The van der Waals surface area contributed by atoms with Gasteiger partial charge < -0.3 is 20.9 Å². The van der Waals surface area contributed by atoms with Crippen LogP contribution in [0.25, 0.3) is 0 Å². The third-order valence-electron chi connectivity index (χ3n) is 8.04. The molecule has 3 atom stereocenters. The molecule has 2 amide bonds. The van der Waals surface area contributed by atoms with Crippen molar-refractivity contribution in [1.82, 2.24) is 15.5 Å². The van der Waals surface area contributed by atoms with Gasteiger partial charge in [-0.15, -0.1) is 0 Å². The van der Waals surface area contributed by atoms with Crippen molar-refractivity contribution in [2.24, 2.45) is 11.8 Å². The number of rotatable bonds is 8. The Kier molecular flexibility index (Phi) is 8.95. The topological polar surface area (TPSA) is 90.5 Å². The smallest absolute Gasteiger partial charge is 0.319 e. The molecule has 0 aromatic heterocycles. The number of carbonyl (C=O) groups is 3. The maximum Gasteiger partial charge on any atom is 0.319 e. The van der Waals surface area contributed by atoms with E-state index in [0.717, 1.165) is 58.4 Å². The minimum atomic E-state index is -0.416. The molecule has 0 saturated carbocycles. The Hall–Kier alpha value is -3.10. The summed E-state index contributed by atoms with van der Waals surface area (Å²) in [6, 6.07) is 11.2. The molecule has 2 saturated heterocycles. The van der Waals surface area contributed by atoms with E-state index in [2.05, 4.69) is 27.8 Å². The van der Waals surface area contributed by atoms with Crippen LogP contribution in [0.2, 0.25) is 0 Å². The molecule has 2 fully saturated rings. The number of nitrogens with zero attached hydrogens (tertiary/aromatic N) is 1. The number of halogens is 1. The van der Waals surface area contributed by atoms with Gasteiger partial charge in [-0.2, -0.15) is 0 Å². The molecule has 204 valence electrons. The van der Waals surface area contributed by atoms with E-state index in [1.54, 1.807) is 18.2 Å². The number of likely N-dealkylation sites (tertiary alicyclic amines) is 1. The summed E-state index contributed by atoms with van der Waals surface area (Å²) < 4.78 is 13.3. The van der Waals surface area contributed by atoms with E-state index in [4.69, 9.17) is 0 Å². The van der Waals surface area contributed by atoms with Crippen LogP contribution in [-0.2, 0) is 6.42 Å². The van der Waals surface area contributed by atoms with Crippen LogP contribution in [-0.4, -0.2) is 60.8 Å². The van der Waals surface area contributed by atoms with Gasteiger partial charge in [-0.1, -0.05) is 12.1 Å². The number of anilines is 1. The van der Waals surface area contributed by atoms with Crippen LogP contribution < -0.4 is 16.0 Å². The quantitative estimate of drug-likeness (QED) is 0.438. The third-order valence-corrected chi connectivity index (χ3v) is 8.04. The minimum Gasteiger partial charge on any atom is -0.332 e. The van der Waals surface area contributed by atoms with Gasteiger partial charge in [-0.05, 0) is 101 Å². The maximum absolute atomic E-state index is 13.3. The first kappa shape index (κ1) is 27.9. The van der Waals surface area contributed by atoms with Crippen LogP contribution in [0.1, 0.15) is 66.3 Å². The fourth-order valence-electron chi connectivity index (χ4n) is 5.76. The minimum absolute atomic E-state index is 0.166. The normalized spacial score (nSPS) is 24.0. The van der Waals surface area contributed by atoms with Crippen LogP contribution in [0.15, 0.2) is 42.5 Å². The summed E-state index contributed by atoms with van der Waals surface area (Å²) in [7, 11) is 0. The highest BCUT2D eigenvalue weighted by molar-refractivity contribution is 6.02. The van der Waals surface area contributed by atoms with E-state index >= 15 is 0 Å². The maximum atomic E-state index is 13.3. The highest BCUT2D eigenvalue weighted by Gasteiger charge is 2.39. The largest absolute Gasteiger partial charge is 0.332 e. The molecule has 2 aromatic rings. The molecule has 0 bridgehead atoms. The van der Waals surface area contributed by atoms with Crippen molar-refractivity contribution in [3.8, 4) is 0 Å². The molecule has 2 heterocycles. The predicted octanol–water partition coefficient (Wildman–Crippen LogP) is 4.68. The standard InChI is InChI=1S/C30H39FN4O3/c1-20(36)24-14-25(21(2)37)16-28(15-24)33-29(38)34-30(3)10-11-32-17-26(30)19-35-12-4-5-23(18-35)13-22-6-8-27(31)9-7-22/h6-9,14-16,23,26,32H,4-5,10-13,17-19H2,1-3H3,(H2,33,34,38)/t23-,26-,30+/m0/s1. The Labute approximate surface area is 224 Å². The van der Waals surface area contributed by atoms with Crippen LogP contribution >= 0.6 is 0 Å². The molecule has 4 rings (SSSR count). The predicted molar refractivity (Wildman–Crippen MR) is 147 cm³/mol. The van der Waals surface area contributed by atoms with E-state index in [1.165, 1.54) is 31.5 Å². The number of nitrogens with one attached hydrogen (secondary N) is 3. The molecule has 8 heteroatoms.